The van der Waals surface area contributed by atoms with Gasteiger partial charge in [-0.3, -0.25) is 14.9 Å². The number of nitro groups is 1. The summed E-state index contributed by atoms with van der Waals surface area (Å²) >= 11 is 0. The van der Waals surface area contributed by atoms with E-state index >= 15 is 0 Å². The minimum atomic E-state index is -1.13. The predicted molar refractivity (Wildman–Crippen MR) is 112 cm³/mol. The summed E-state index contributed by atoms with van der Waals surface area (Å²) in [5.41, 5.74) is 0.631. The van der Waals surface area contributed by atoms with Gasteiger partial charge in [-0.25, -0.2) is 4.79 Å². The Kier molecular flexibility index (Phi) is 6.08. The van der Waals surface area contributed by atoms with Crippen molar-refractivity contribution in [3.8, 4) is 11.5 Å². The summed E-state index contributed by atoms with van der Waals surface area (Å²) in [6.07, 6.45) is -1.13. The molecule has 2 aliphatic rings. The van der Waals surface area contributed by atoms with Crippen molar-refractivity contribution in [2.75, 3.05) is 43.3 Å². The minimum Gasteiger partial charge on any atom is -0.454 e. The monoisotopic (exact) mass is 443 g/mol. The van der Waals surface area contributed by atoms with Crippen molar-refractivity contribution in [1.29, 1.82) is 0 Å². The zero-order valence-corrected chi connectivity index (χ0v) is 17.2. The van der Waals surface area contributed by atoms with Crippen molar-refractivity contribution in [1.82, 2.24) is 0 Å². The van der Waals surface area contributed by atoms with Crippen LogP contribution in [0.1, 0.15) is 17.3 Å². The van der Waals surface area contributed by atoms with Gasteiger partial charge >= 0.3 is 5.97 Å². The molecule has 11 heteroatoms. The maximum atomic E-state index is 12.5. The molecular formula is C21H21N3O8. The number of carbonyl (C=O) groups is 2. The number of hydrogen-bond acceptors (Lipinski definition) is 9. The molecule has 2 heterocycles. The van der Waals surface area contributed by atoms with Gasteiger partial charge in [0.15, 0.2) is 17.6 Å². The molecule has 0 bridgehead atoms. The lowest BCUT2D eigenvalue weighted by Crippen LogP contribution is -2.36. The molecule has 4 rings (SSSR count). The normalized spacial score (nSPS) is 15.7. The van der Waals surface area contributed by atoms with E-state index in [0.29, 0.717) is 49.2 Å². The average molecular weight is 443 g/mol. The molecule has 0 radical (unpaired) electrons. The van der Waals surface area contributed by atoms with Crippen LogP contribution in [0.3, 0.4) is 0 Å². The van der Waals surface area contributed by atoms with E-state index in [4.69, 9.17) is 18.9 Å². The summed E-state index contributed by atoms with van der Waals surface area (Å²) in [6, 6.07) is 9.01. The fourth-order valence-electron chi connectivity index (χ4n) is 3.37. The van der Waals surface area contributed by atoms with Crippen molar-refractivity contribution in [2.45, 2.75) is 13.0 Å². The topological polar surface area (TPSA) is 129 Å². The molecular weight excluding hydrogens is 422 g/mol. The maximum absolute atomic E-state index is 12.5. The van der Waals surface area contributed by atoms with Crippen molar-refractivity contribution in [2.24, 2.45) is 0 Å². The van der Waals surface area contributed by atoms with E-state index in [1.165, 1.54) is 19.1 Å². The van der Waals surface area contributed by atoms with Crippen LogP contribution in [0, 0.1) is 10.1 Å². The van der Waals surface area contributed by atoms with Crippen LogP contribution in [-0.2, 0) is 14.3 Å². The molecule has 32 heavy (non-hydrogen) atoms. The van der Waals surface area contributed by atoms with Crippen LogP contribution in [0.25, 0.3) is 0 Å². The largest absolute Gasteiger partial charge is 0.454 e. The summed E-state index contributed by atoms with van der Waals surface area (Å²) in [5, 5.41) is 14.2. The Hall–Kier alpha value is -3.86. The molecule has 1 saturated heterocycles. The van der Waals surface area contributed by atoms with Gasteiger partial charge in [-0.2, -0.15) is 0 Å². The molecule has 0 saturated carbocycles. The molecule has 2 aromatic carbocycles. The molecule has 1 N–H and O–H groups in total. The standard InChI is InChI=1S/C21H21N3O8/c1-13(20(25)22-15-3-5-18-19(11-15)31-12-30-18)32-21(26)14-2-4-16(17(10-14)24(27)28)23-6-8-29-9-7-23/h2-5,10-11,13H,6-9,12H2,1H3,(H,22,25). The number of fused-ring (bicyclic) bond motifs is 1. The molecule has 2 aromatic rings. The van der Waals surface area contributed by atoms with Gasteiger partial charge in [-0.1, -0.05) is 0 Å². The second-order valence-electron chi connectivity index (χ2n) is 7.16. The highest BCUT2D eigenvalue weighted by atomic mass is 16.7. The number of carbonyl (C=O) groups excluding carboxylic acids is 2. The number of morpholine rings is 1. The molecule has 1 amide bonds. The minimum absolute atomic E-state index is 0.0172. The third-order valence-electron chi connectivity index (χ3n) is 5.05. The smallest absolute Gasteiger partial charge is 0.339 e. The summed E-state index contributed by atoms with van der Waals surface area (Å²) < 4.78 is 21.0. The van der Waals surface area contributed by atoms with Gasteiger partial charge in [-0.05, 0) is 31.2 Å². The molecule has 0 aliphatic carbocycles. The Balaban J connectivity index is 1.42. The molecule has 11 nitrogen and oxygen atoms in total. The Labute approximate surface area is 183 Å². The lowest BCUT2D eigenvalue weighted by Gasteiger charge is -2.28. The van der Waals surface area contributed by atoms with Gasteiger partial charge in [-0.15, -0.1) is 0 Å². The van der Waals surface area contributed by atoms with E-state index in [1.54, 1.807) is 18.2 Å². The van der Waals surface area contributed by atoms with Crippen molar-refractivity contribution >= 4 is 28.9 Å². The number of nitrogens with zero attached hydrogens (tertiary/aromatic N) is 2. The van der Waals surface area contributed by atoms with E-state index in [0.717, 1.165) is 6.07 Å². The van der Waals surface area contributed by atoms with Crippen LogP contribution in [0.2, 0.25) is 0 Å². The van der Waals surface area contributed by atoms with Crippen molar-refractivity contribution < 1.29 is 33.5 Å². The number of ether oxygens (including phenoxy) is 4. The van der Waals surface area contributed by atoms with Crippen molar-refractivity contribution in [3.63, 3.8) is 0 Å². The van der Waals surface area contributed by atoms with Gasteiger partial charge < -0.3 is 29.2 Å². The van der Waals surface area contributed by atoms with Gasteiger partial charge in [0, 0.05) is 30.9 Å². The predicted octanol–water partition coefficient (Wildman–Crippen LogP) is 2.34. The zero-order chi connectivity index (χ0) is 22.7. The lowest BCUT2D eigenvalue weighted by atomic mass is 10.1. The maximum Gasteiger partial charge on any atom is 0.339 e. The summed E-state index contributed by atoms with van der Waals surface area (Å²) in [7, 11) is 0. The molecule has 1 atom stereocenters. The highest BCUT2D eigenvalue weighted by Crippen LogP contribution is 2.34. The molecule has 0 spiro atoms. The van der Waals surface area contributed by atoms with Gasteiger partial charge in [0.05, 0.1) is 23.7 Å². The number of benzene rings is 2. The molecule has 1 unspecified atom stereocenters. The quantitative estimate of drug-likeness (QED) is 0.406. The highest BCUT2D eigenvalue weighted by molar-refractivity contribution is 5.98. The second kappa shape index (κ2) is 9.10. The fraction of sp³-hybridized carbons (Fsp3) is 0.333. The van der Waals surface area contributed by atoms with E-state index in [-0.39, 0.29) is 18.0 Å². The Morgan fingerprint density at radius 3 is 2.62 bits per heavy atom. The first-order valence-corrected chi connectivity index (χ1v) is 9.95. The first-order valence-electron chi connectivity index (χ1n) is 9.95. The number of anilines is 2. The second-order valence-corrected chi connectivity index (χ2v) is 7.16. The van der Waals surface area contributed by atoms with Crippen LogP contribution in [0.5, 0.6) is 11.5 Å². The number of rotatable bonds is 6. The first-order chi connectivity index (χ1) is 15.4. The van der Waals surface area contributed by atoms with E-state index < -0.39 is 22.9 Å². The van der Waals surface area contributed by atoms with Gasteiger partial charge in [0.2, 0.25) is 6.79 Å². The number of hydrogen-bond donors (Lipinski definition) is 1. The zero-order valence-electron chi connectivity index (χ0n) is 17.2. The average Bonchev–Trinajstić information content (AvgIpc) is 3.27. The Bertz CT molecular complexity index is 1050. The van der Waals surface area contributed by atoms with E-state index in [9.17, 15) is 19.7 Å². The number of nitrogens with one attached hydrogen (secondary N) is 1. The fourth-order valence-corrected chi connectivity index (χ4v) is 3.37. The van der Waals surface area contributed by atoms with E-state index in [2.05, 4.69) is 5.32 Å². The SMILES string of the molecule is CC(OC(=O)c1ccc(N2CCOCC2)c([N+](=O)[O-])c1)C(=O)Nc1ccc2c(c1)OCO2. The Morgan fingerprint density at radius 2 is 1.88 bits per heavy atom. The molecule has 0 aromatic heterocycles. The lowest BCUT2D eigenvalue weighted by molar-refractivity contribution is -0.384. The number of amides is 1. The number of esters is 1. The third-order valence-corrected chi connectivity index (χ3v) is 5.05. The Morgan fingerprint density at radius 1 is 1.12 bits per heavy atom. The van der Waals surface area contributed by atoms with Gasteiger partial charge in [0.25, 0.3) is 11.6 Å². The summed E-state index contributed by atoms with van der Waals surface area (Å²) in [6.45, 7) is 3.49. The van der Waals surface area contributed by atoms with Crippen molar-refractivity contribution in [3.05, 3.63) is 52.1 Å². The van der Waals surface area contributed by atoms with Crippen LogP contribution in [0.4, 0.5) is 17.1 Å². The number of nitro benzene ring substituents is 1. The summed E-state index contributed by atoms with van der Waals surface area (Å²) in [5.74, 6) is -0.323. The third kappa shape index (κ3) is 4.57. The van der Waals surface area contributed by atoms with Crippen LogP contribution < -0.4 is 19.7 Å². The summed E-state index contributed by atoms with van der Waals surface area (Å²) in [4.78, 5) is 37.8. The van der Waals surface area contributed by atoms with Crippen LogP contribution in [0.15, 0.2) is 36.4 Å². The molecule has 2 aliphatic heterocycles. The van der Waals surface area contributed by atoms with E-state index in [1.807, 2.05) is 4.90 Å². The van der Waals surface area contributed by atoms with Crippen LogP contribution >= 0.6 is 0 Å². The first kappa shape index (κ1) is 21.4. The van der Waals surface area contributed by atoms with Gasteiger partial charge in [0.1, 0.15) is 5.69 Å². The molecule has 168 valence electrons. The molecule has 1 fully saturated rings. The highest BCUT2D eigenvalue weighted by Gasteiger charge is 2.26. The van der Waals surface area contributed by atoms with Crippen LogP contribution in [-0.4, -0.2) is 56.0 Å².